The summed E-state index contributed by atoms with van der Waals surface area (Å²) in [6, 6.07) is 6.10. The summed E-state index contributed by atoms with van der Waals surface area (Å²) in [7, 11) is 1.36. The number of amides is 1. The van der Waals surface area contributed by atoms with Crippen molar-refractivity contribution >= 4 is 23.5 Å². The third-order valence-corrected chi connectivity index (χ3v) is 5.98. The molecule has 0 radical (unpaired) electrons. The second-order valence-electron chi connectivity index (χ2n) is 9.15. The molecular weight excluding hydrogens is 428 g/mol. The van der Waals surface area contributed by atoms with E-state index in [0.29, 0.717) is 11.6 Å². The number of methoxy groups -OCH3 is 1. The van der Waals surface area contributed by atoms with E-state index in [1.807, 2.05) is 43.9 Å². The van der Waals surface area contributed by atoms with Crippen LogP contribution in [0.25, 0.3) is 0 Å². The van der Waals surface area contributed by atoms with Gasteiger partial charge in [0.15, 0.2) is 0 Å². The summed E-state index contributed by atoms with van der Waals surface area (Å²) in [6.45, 7) is 14.0. The van der Waals surface area contributed by atoms with Crippen molar-refractivity contribution in [2.24, 2.45) is 5.92 Å². The van der Waals surface area contributed by atoms with E-state index in [9.17, 15) is 9.59 Å². The molecule has 0 bridgehead atoms. The SMILES string of the molecule is C=CC1=C[C@H]2O[C@@H](C=C)[C@@H](C(=O)OC)C2N([C@@H](C(=O)NC(C)(C)C)c2ccc(Cl)cc2)C1. The third kappa shape index (κ3) is 4.98. The maximum absolute atomic E-state index is 13.6. The molecule has 1 fully saturated rings. The molecule has 1 N–H and O–H groups in total. The van der Waals surface area contributed by atoms with Gasteiger partial charge in [-0.1, -0.05) is 42.5 Å². The van der Waals surface area contributed by atoms with Crippen molar-refractivity contribution in [2.75, 3.05) is 13.7 Å². The zero-order chi connectivity index (χ0) is 23.6. The summed E-state index contributed by atoms with van der Waals surface area (Å²) in [5.74, 6) is -1.19. The van der Waals surface area contributed by atoms with Crippen molar-refractivity contribution in [1.82, 2.24) is 10.2 Å². The molecule has 0 spiro atoms. The van der Waals surface area contributed by atoms with Crippen LogP contribution in [0.2, 0.25) is 5.02 Å². The maximum Gasteiger partial charge on any atom is 0.313 e. The zero-order valence-electron chi connectivity index (χ0n) is 19.0. The smallest absolute Gasteiger partial charge is 0.313 e. The fourth-order valence-corrected chi connectivity index (χ4v) is 4.57. The first-order valence-electron chi connectivity index (χ1n) is 10.6. The van der Waals surface area contributed by atoms with Gasteiger partial charge in [-0.05, 0) is 50.1 Å². The van der Waals surface area contributed by atoms with Crippen LogP contribution in [0.5, 0.6) is 0 Å². The Morgan fingerprint density at radius 3 is 2.47 bits per heavy atom. The van der Waals surface area contributed by atoms with Gasteiger partial charge in [0, 0.05) is 17.1 Å². The van der Waals surface area contributed by atoms with Crippen LogP contribution in [-0.4, -0.2) is 54.2 Å². The summed E-state index contributed by atoms with van der Waals surface area (Å²) in [5, 5.41) is 3.67. The second-order valence-corrected chi connectivity index (χ2v) is 9.59. The summed E-state index contributed by atoms with van der Waals surface area (Å²) in [5.41, 5.74) is 1.25. The molecule has 1 unspecified atom stereocenters. The molecule has 1 aromatic carbocycles. The van der Waals surface area contributed by atoms with Crippen LogP contribution in [0.1, 0.15) is 32.4 Å². The van der Waals surface area contributed by atoms with Gasteiger partial charge < -0.3 is 14.8 Å². The molecule has 2 aliphatic rings. The van der Waals surface area contributed by atoms with Crippen molar-refractivity contribution in [3.63, 3.8) is 0 Å². The number of hydrogen-bond acceptors (Lipinski definition) is 5. The maximum atomic E-state index is 13.6. The zero-order valence-corrected chi connectivity index (χ0v) is 19.8. The first-order valence-corrected chi connectivity index (χ1v) is 11.0. The van der Waals surface area contributed by atoms with E-state index in [0.717, 1.165) is 11.1 Å². The van der Waals surface area contributed by atoms with Crippen molar-refractivity contribution < 1.29 is 19.1 Å². The predicted molar refractivity (Wildman–Crippen MR) is 125 cm³/mol. The van der Waals surface area contributed by atoms with Crippen LogP contribution in [0.3, 0.4) is 0 Å². The first-order chi connectivity index (χ1) is 15.1. The summed E-state index contributed by atoms with van der Waals surface area (Å²) >= 11 is 6.12. The number of nitrogens with one attached hydrogen (secondary N) is 1. The Kier molecular flexibility index (Phi) is 7.28. The molecule has 0 aliphatic carbocycles. The van der Waals surface area contributed by atoms with E-state index in [2.05, 4.69) is 18.5 Å². The lowest BCUT2D eigenvalue weighted by Gasteiger charge is -2.42. The molecular formula is C25H31ClN2O4. The molecule has 1 saturated heterocycles. The van der Waals surface area contributed by atoms with Crippen LogP contribution >= 0.6 is 11.6 Å². The number of carbonyl (C=O) groups excluding carboxylic acids is 2. The minimum Gasteiger partial charge on any atom is -0.469 e. The molecule has 172 valence electrons. The number of fused-ring (bicyclic) bond motifs is 1. The molecule has 6 nitrogen and oxygen atoms in total. The Hall–Kier alpha value is -2.41. The van der Waals surface area contributed by atoms with Gasteiger partial charge in [0.25, 0.3) is 0 Å². The van der Waals surface area contributed by atoms with Gasteiger partial charge in [0.1, 0.15) is 12.0 Å². The summed E-state index contributed by atoms with van der Waals surface area (Å²) < 4.78 is 11.3. The van der Waals surface area contributed by atoms with Gasteiger partial charge in [0.2, 0.25) is 5.91 Å². The lowest BCUT2D eigenvalue weighted by molar-refractivity contribution is -0.149. The number of halogens is 1. The number of esters is 1. The number of hydrogen-bond donors (Lipinski definition) is 1. The van der Waals surface area contributed by atoms with E-state index in [4.69, 9.17) is 21.1 Å². The number of ether oxygens (including phenoxy) is 2. The normalized spacial score (nSPS) is 26.5. The highest BCUT2D eigenvalue weighted by Crippen LogP contribution is 2.41. The van der Waals surface area contributed by atoms with E-state index in [1.54, 1.807) is 24.3 Å². The molecule has 2 heterocycles. The fourth-order valence-electron chi connectivity index (χ4n) is 4.44. The Morgan fingerprint density at radius 1 is 1.28 bits per heavy atom. The molecule has 32 heavy (non-hydrogen) atoms. The highest BCUT2D eigenvalue weighted by atomic mass is 35.5. The van der Waals surface area contributed by atoms with Crippen molar-refractivity contribution in [2.45, 2.75) is 50.6 Å². The average Bonchev–Trinajstić information content (AvgIpc) is 3.12. The van der Waals surface area contributed by atoms with Crippen LogP contribution in [-0.2, 0) is 19.1 Å². The minimum absolute atomic E-state index is 0.172. The molecule has 7 heteroatoms. The monoisotopic (exact) mass is 458 g/mol. The van der Waals surface area contributed by atoms with Gasteiger partial charge in [-0.15, -0.1) is 6.58 Å². The molecule has 3 rings (SSSR count). The number of nitrogens with zero attached hydrogens (tertiary/aromatic N) is 1. The highest BCUT2D eigenvalue weighted by Gasteiger charge is 2.53. The molecule has 1 amide bonds. The molecule has 0 aromatic heterocycles. The lowest BCUT2D eigenvalue weighted by Crippen LogP contribution is -2.56. The second kappa shape index (κ2) is 9.61. The van der Waals surface area contributed by atoms with Crippen molar-refractivity contribution in [3.05, 3.63) is 71.8 Å². The van der Waals surface area contributed by atoms with Crippen LogP contribution in [0.15, 0.2) is 61.2 Å². The number of rotatable bonds is 6. The van der Waals surface area contributed by atoms with Crippen LogP contribution < -0.4 is 5.32 Å². The summed E-state index contributed by atoms with van der Waals surface area (Å²) in [4.78, 5) is 28.4. The van der Waals surface area contributed by atoms with E-state index in [-0.39, 0.29) is 5.91 Å². The van der Waals surface area contributed by atoms with E-state index in [1.165, 1.54) is 7.11 Å². The highest BCUT2D eigenvalue weighted by molar-refractivity contribution is 6.30. The van der Waals surface area contributed by atoms with Gasteiger partial charge in [0.05, 0.1) is 25.4 Å². The Balaban J connectivity index is 2.13. The van der Waals surface area contributed by atoms with E-state index < -0.39 is 41.7 Å². The van der Waals surface area contributed by atoms with Crippen LogP contribution in [0.4, 0.5) is 0 Å². The molecule has 0 saturated carbocycles. The topological polar surface area (TPSA) is 67.9 Å². The first kappa shape index (κ1) is 24.2. The fraction of sp³-hybridized carbons (Fsp3) is 0.440. The van der Waals surface area contributed by atoms with Gasteiger partial charge in [-0.2, -0.15) is 0 Å². The molecule has 2 aliphatic heterocycles. The molecule has 1 aromatic rings. The lowest BCUT2D eigenvalue weighted by atomic mass is 9.86. The number of carbonyl (C=O) groups is 2. The minimum atomic E-state index is -0.679. The summed E-state index contributed by atoms with van der Waals surface area (Å²) in [6.07, 6.45) is 4.39. The standard InChI is InChI=1S/C25H31ClN2O4/c1-7-15-13-19-22(20(24(30)31-6)18(8-2)32-19)28(14-15)21(23(29)27-25(3,4)5)16-9-11-17(26)12-10-16/h7-13,18-22H,1-2,14H2,3-6H3,(H,27,29)/t18-,19+,20+,21+,22?/m0/s1. The van der Waals surface area contributed by atoms with E-state index >= 15 is 0 Å². The quantitative estimate of drug-likeness (QED) is 0.518. The van der Waals surface area contributed by atoms with Gasteiger partial charge in [-0.3, -0.25) is 14.5 Å². The van der Waals surface area contributed by atoms with Gasteiger partial charge >= 0.3 is 5.97 Å². The van der Waals surface area contributed by atoms with Crippen molar-refractivity contribution in [1.29, 1.82) is 0 Å². The third-order valence-electron chi connectivity index (χ3n) is 5.73. The molecule has 5 atom stereocenters. The van der Waals surface area contributed by atoms with Gasteiger partial charge in [-0.25, -0.2) is 0 Å². The predicted octanol–water partition coefficient (Wildman–Crippen LogP) is 3.84. The number of benzene rings is 1. The average molecular weight is 459 g/mol. The Bertz CT molecular complexity index is 919. The Morgan fingerprint density at radius 2 is 1.94 bits per heavy atom. The largest absolute Gasteiger partial charge is 0.469 e. The van der Waals surface area contributed by atoms with Crippen molar-refractivity contribution in [3.8, 4) is 0 Å². The Labute approximate surface area is 194 Å². The van der Waals surface area contributed by atoms with Crippen LogP contribution in [0, 0.1) is 5.92 Å².